The second-order valence-electron chi connectivity index (χ2n) is 5.62. The molecule has 1 unspecified atom stereocenters. The fourth-order valence-electron chi connectivity index (χ4n) is 2.14. The molecule has 0 spiro atoms. The summed E-state index contributed by atoms with van der Waals surface area (Å²) in [5, 5.41) is 4.30. The molecule has 6 heteroatoms. The molecule has 114 valence electrons. The maximum Gasteiger partial charge on any atom is 0.237 e. The molecule has 0 aliphatic carbocycles. The highest BCUT2D eigenvalue weighted by molar-refractivity contribution is 7.99. The van der Waals surface area contributed by atoms with Crippen LogP contribution in [0.1, 0.15) is 40.0 Å². The van der Waals surface area contributed by atoms with Crippen LogP contribution >= 0.6 is 11.8 Å². The number of carbonyl (C=O) groups excluding carboxylic acids is 1. The molecule has 1 aromatic rings. The normalized spacial score (nSPS) is 14.4. The number of hydrogen-bond acceptors (Lipinski definition) is 4. The monoisotopic (exact) mass is 298 g/mol. The van der Waals surface area contributed by atoms with E-state index in [-0.39, 0.29) is 11.9 Å². The summed E-state index contributed by atoms with van der Waals surface area (Å²) >= 11 is 1.74. The van der Waals surface area contributed by atoms with E-state index in [0.29, 0.717) is 0 Å². The van der Waals surface area contributed by atoms with Crippen LogP contribution in [-0.2, 0) is 11.8 Å². The zero-order valence-corrected chi connectivity index (χ0v) is 13.7. The molecule has 0 aromatic carbocycles. The molecule has 1 amide bonds. The molecule has 1 aromatic heterocycles. The number of nitrogens with zero attached hydrogens (tertiary/aromatic N) is 2. The Morgan fingerprint density at radius 1 is 1.55 bits per heavy atom. The minimum Gasteiger partial charge on any atom is -0.368 e. The van der Waals surface area contributed by atoms with Gasteiger partial charge < -0.3 is 15.6 Å². The average Bonchev–Trinajstić information content (AvgIpc) is 2.73. The standard InChI is InChI=1S/C14H26N4OS/c1-11(2)17-14(3,12(15)19)7-5-6-10-20-13-16-8-9-18(13)4/h8-9,11,17H,5-7,10H2,1-4H3,(H2,15,19). The molecule has 0 aliphatic heterocycles. The first-order chi connectivity index (χ1) is 9.35. The number of nitrogens with two attached hydrogens (primary N) is 1. The molecule has 0 aliphatic rings. The largest absolute Gasteiger partial charge is 0.368 e. The summed E-state index contributed by atoms with van der Waals surface area (Å²) in [6, 6.07) is 0.245. The maximum absolute atomic E-state index is 11.6. The van der Waals surface area contributed by atoms with E-state index in [1.54, 1.807) is 18.0 Å². The minimum atomic E-state index is -0.609. The Balaban J connectivity index is 2.31. The molecule has 1 rings (SSSR count). The molecule has 0 radical (unpaired) electrons. The van der Waals surface area contributed by atoms with E-state index in [2.05, 4.69) is 10.3 Å². The lowest BCUT2D eigenvalue weighted by molar-refractivity contribution is -0.124. The maximum atomic E-state index is 11.6. The van der Waals surface area contributed by atoms with Crippen molar-refractivity contribution in [2.75, 3.05) is 5.75 Å². The summed E-state index contributed by atoms with van der Waals surface area (Å²) in [4.78, 5) is 15.9. The van der Waals surface area contributed by atoms with Gasteiger partial charge in [0.1, 0.15) is 0 Å². The molecule has 1 atom stereocenters. The summed E-state index contributed by atoms with van der Waals surface area (Å²) in [7, 11) is 1.99. The number of amides is 1. The van der Waals surface area contributed by atoms with E-state index in [1.165, 1.54) is 0 Å². The Kier molecular flexibility index (Phi) is 6.55. The number of imidazole rings is 1. The SMILES string of the molecule is CC(C)NC(C)(CCCCSc1nccn1C)C(N)=O. The van der Waals surface area contributed by atoms with Gasteiger partial charge in [0.05, 0.1) is 5.54 Å². The van der Waals surface area contributed by atoms with E-state index < -0.39 is 5.54 Å². The lowest BCUT2D eigenvalue weighted by atomic mass is 9.93. The minimum absolute atomic E-state index is 0.245. The first-order valence-electron chi connectivity index (χ1n) is 7.03. The molecule has 3 N–H and O–H groups in total. The third-order valence-electron chi connectivity index (χ3n) is 3.23. The van der Waals surface area contributed by atoms with Gasteiger partial charge in [-0.3, -0.25) is 4.79 Å². The third kappa shape index (κ3) is 5.17. The van der Waals surface area contributed by atoms with Crippen LogP contribution in [0.3, 0.4) is 0 Å². The van der Waals surface area contributed by atoms with Gasteiger partial charge in [-0.25, -0.2) is 4.98 Å². The second kappa shape index (κ2) is 7.69. The number of nitrogens with one attached hydrogen (secondary N) is 1. The van der Waals surface area contributed by atoms with Gasteiger partial charge >= 0.3 is 0 Å². The van der Waals surface area contributed by atoms with Crippen molar-refractivity contribution in [2.24, 2.45) is 12.8 Å². The topological polar surface area (TPSA) is 72.9 Å². The Morgan fingerprint density at radius 3 is 2.75 bits per heavy atom. The van der Waals surface area contributed by atoms with Crippen molar-refractivity contribution in [3.05, 3.63) is 12.4 Å². The highest BCUT2D eigenvalue weighted by Gasteiger charge is 2.30. The van der Waals surface area contributed by atoms with Gasteiger partial charge in [-0.2, -0.15) is 0 Å². The van der Waals surface area contributed by atoms with Crippen LogP contribution in [0.5, 0.6) is 0 Å². The van der Waals surface area contributed by atoms with Crippen molar-refractivity contribution in [2.45, 2.75) is 56.8 Å². The van der Waals surface area contributed by atoms with E-state index in [1.807, 2.05) is 38.6 Å². The Bertz CT molecular complexity index is 433. The van der Waals surface area contributed by atoms with Gasteiger partial charge in [0.25, 0.3) is 0 Å². The van der Waals surface area contributed by atoms with Crippen molar-refractivity contribution in [3.8, 4) is 0 Å². The molecule has 0 saturated carbocycles. The number of thioether (sulfide) groups is 1. The third-order valence-corrected chi connectivity index (χ3v) is 4.37. The lowest BCUT2D eigenvalue weighted by Crippen LogP contribution is -2.55. The molecule has 0 saturated heterocycles. The number of primary amides is 1. The second-order valence-corrected chi connectivity index (χ2v) is 6.68. The number of aryl methyl sites for hydroxylation is 1. The first kappa shape index (κ1) is 17.0. The number of rotatable bonds is 9. The van der Waals surface area contributed by atoms with E-state index in [4.69, 9.17) is 5.73 Å². The quantitative estimate of drug-likeness (QED) is 0.540. The van der Waals surface area contributed by atoms with Crippen LogP contribution < -0.4 is 11.1 Å². The average molecular weight is 298 g/mol. The lowest BCUT2D eigenvalue weighted by Gasteiger charge is -2.29. The molecule has 5 nitrogen and oxygen atoms in total. The fraction of sp³-hybridized carbons (Fsp3) is 0.714. The molecule has 20 heavy (non-hydrogen) atoms. The summed E-state index contributed by atoms with van der Waals surface area (Å²) in [6.07, 6.45) is 6.52. The highest BCUT2D eigenvalue weighted by Crippen LogP contribution is 2.19. The number of carbonyl (C=O) groups is 1. The van der Waals surface area contributed by atoms with E-state index >= 15 is 0 Å². The van der Waals surface area contributed by atoms with E-state index in [9.17, 15) is 4.79 Å². The summed E-state index contributed by atoms with van der Waals surface area (Å²) in [5.74, 6) is 0.726. The fourth-order valence-corrected chi connectivity index (χ4v) is 3.07. The zero-order chi connectivity index (χ0) is 15.2. The smallest absolute Gasteiger partial charge is 0.237 e. The summed E-state index contributed by atoms with van der Waals surface area (Å²) in [6.45, 7) is 5.94. The molecular weight excluding hydrogens is 272 g/mol. The van der Waals surface area contributed by atoms with Crippen LogP contribution in [0.25, 0.3) is 0 Å². The summed E-state index contributed by atoms with van der Waals surface area (Å²) < 4.78 is 2.01. The van der Waals surface area contributed by atoms with Crippen molar-refractivity contribution in [1.82, 2.24) is 14.9 Å². The van der Waals surface area contributed by atoms with Crippen LogP contribution in [0.2, 0.25) is 0 Å². The molecule has 1 heterocycles. The van der Waals surface area contributed by atoms with Crippen molar-refractivity contribution >= 4 is 17.7 Å². The number of hydrogen-bond donors (Lipinski definition) is 2. The predicted octanol–water partition coefficient (Wildman–Crippen LogP) is 1.92. The zero-order valence-electron chi connectivity index (χ0n) is 12.8. The van der Waals surface area contributed by atoms with Crippen LogP contribution in [0.15, 0.2) is 17.6 Å². The summed E-state index contributed by atoms with van der Waals surface area (Å²) in [5.41, 5.74) is 4.90. The Hall–Kier alpha value is -1.01. The molecular formula is C14H26N4OS. The van der Waals surface area contributed by atoms with Crippen molar-refractivity contribution in [1.29, 1.82) is 0 Å². The van der Waals surface area contributed by atoms with Gasteiger partial charge in [0.15, 0.2) is 5.16 Å². The number of unbranched alkanes of at least 4 members (excludes halogenated alkanes) is 1. The van der Waals surface area contributed by atoms with Crippen LogP contribution in [0.4, 0.5) is 0 Å². The number of aromatic nitrogens is 2. The Labute approximate surface area is 125 Å². The first-order valence-corrected chi connectivity index (χ1v) is 8.01. The highest BCUT2D eigenvalue weighted by atomic mass is 32.2. The van der Waals surface area contributed by atoms with Gasteiger partial charge in [0.2, 0.25) is 5.91 Å². The van der Waals surface area contributed by atoms with Gasteiger partial charge in [-0.1, -0.05) is 18.2 Å². The predicted molar refractivity (Wildman–Crippen MR) is 83.7 cm³/mol. The van der Waals surface area contributed by atoms with Crippen molar-refractivity contribution < 1.29 is 4.79 Å². The van der Waals surface area contributed by atoms with Crippen LogP contribution in [0, 0.1) is 0 Å². The Morgan fingerprint density at radius 2 is 2.25 bits per heavy atom. The van der Waals surface area contributed by atoms with Crippen molar-refractivity contribution in [3.63, 3.8) is 0 Å². The van der Waals surface area contributed by atoms with Crippen LogP contribution in [-0.4, -0.2) is 32.8 Å². The van der Waals surface area contributed by atoms with Gasteiger partial charge in [-0.05, 0) is 33.6 Å². The van der Waals surface area contributed by atoms with Gasteiger partial charge in [0, 0.05) is 31.2 Å². The van der Waals surface area contributed by atoms with Gasteiger partial charge in [-0.15, -0.1) is 0 Å². The van der Waals surface area contributed by atoms with E-state index in [0.717, 1.165) is 30.2 Å². The molecule has 0 bridgehead atoms. The molecule has 0 fully saturated rings.